The van der Waals surface area contributed by atoms with Crippen LogP contribution in [0, 0.1) is 10.1 Å². The second-order valence-corrected chi connectivity index (χ2v) is 5.62. The third kappa shape index (κ3) is 5.05. The molecule has 3 rings (SSSR count). The largest absolute Gasteiger partial charge is 0.484 e. The number of amides is 1. The lowest BCUT2D eigenvalue weighted by Gasteiger charge is -2.13. The standard InChI is InChI=1S/C20H17N3O4/c24-20(14-27-17-12-10-16(11-13-17)23(25)26)22-19-9-5-4-8-18(19)21-15-6-2-1-3-7-15/h1-13,21H,14H2,(H,22,24). The van der Waals surface area contributed by atoms with Crippen LogP contribution in [-0.2, 0) is 4.79 Å². The number of carbonyl (C=O) groups is 1. The summed E-state index contributed by atoms with van der Waals surface area (Å²) in [5.41, 5.74) is 2.25. The molecule has 1 amide bonds. The van der Waals surface area contributed by atoms with E-state index in [1.54, 1.807) is 6.07 Å². The molecule has 0 bridgehead atoms. The number of hydrogen-bond donors (Lipinski definition) is 2. The lowest BCUT2D eigenvalue weighted by atomic mass is 10.2. The van der Waals surface area contributed by atoms with Gasteiger partial charge in [-0.25, -0.2) is 0 Å². The summed E-state index contributed by atoms with van der Waals surface area (Å²) in [6, 6.07) is 22.5. The van der Waals surface area contributed by atoms with E-state index < -0.39 is 4.92 Å². The summed E-state index contributed by atoms with van der Waals surface area (Å²) >= 11 is 0. The van der Waals surface area contributed by atoms with Crippen molar-refractivity contribution in [3.05, 3.63) is 89.0 Å². The first-order valence-electron chi connectivity index (χ1n) is 8.20. The van der Waals surface area contributed by atoms with Crippen LogP contribution in [0.25, 0.3) is 0 Å². The topological polar surface area (TPSA) is 93.5 Å². The summed E-state index contributed by atoms with van der Waals surface area (Å²) in [5, 5.41) is 16.7. The zero-order chi connectivity index (χ0) is 19.1. The Bertz CT molecular complexity index is 927. The van der Waals surface area contributed by atoms with Crippen molar-refractivity contribution >= 4 is 28.7 Å². The highest BCUT2D eigenvalue weighted by Gasteiger charge is 2.09. The minimum atomic E-state index is -0.493. The Balaban J connectivity index is 1.60. The summed E-state index contributed by atoms with van der Waals surface area (Å²) in [6.07, 6.45) is 0. The van der Waals surface area contributed by atoms with Crippen LogP contribution in [0.2, 0.25) is 0 Å². The molecule has 0 aliphatic rings. The van der Waals surface area contributed by atoms with Crippen molar-refractivity contribution in [3.8, 4) is 5.75 Å². The fourth-order valence-corrected chi connectivity index (χ4v) is 2.38. The SMILES string of the molecule is O=C(COc1ccc([N+](=O)[O-])cc1)Nc1ccccc1Nc1ccccc1. The van der Waals surface area contributed by atoms with Gasteiger partial charge in [0.1, 0.15) is 5.75 Å². The predicted molar refractivity (Wildman–Crippen MR) is 103 cm³/mol. The van der Waals surface area contributed by atoms with Gasteiger partial charge in [0.15, 0.2) is 6.61 Å². The van der Waals surface area contributed by atoms with Gasteiger partial charge >= 0.3 is 0 Å². The van der Waals surface area contributed by atoms with Gasteiger partial charge in [-0.15, -0.1) is 0 Å². The molecule has 136 valence electrons. The van der Waals surface area contributed by atoms with Crippen molar-refractivity contribution in [3.63, 3.8) is 0 Å². The maximum Gasteiger partial charge on any atom is 0.269 e. The molecule has 0 saturated carbocycles. The van der Waals surface area contributed by atoms with E-state index in [2.05, 4.69) is 10.6 Å². The number of nitro groups is 1. The van der Waals surface area contributed by atoms with Crippen LogP contribution in [0.1, 0.15) is 0 Å². The minimum Gasteiger partial charge on any atom is -0.484 e. The first-order valence-corrected chi connectivity index (χ1v) is 8.20. The molecule has 0 saturated heterocycles. The highest BCUT2D eigenvalue weighted by atomic mass is 16.6. The van der Waals surface area contributed by atoms with Crippen molar-refractivity contribution in [1.29, 1.82) is 0 Å². The Kier molecular flexibility index (Phi) is 5.64. The van der Waals surface area contributed by atoms with Gasteiger partial charge in [-0.3, -0.25) is 14.9 Å². The molecule has 0 heterocycles. The van der Waals surface area contributed by atoms with E-state index in [1.165, 1.54) is 24.3 Å². The average molecular weight is 363 g/mol. The number of carbonyl (C=O) groups excluding carboxylic acids is 1. The van der Waals surface area contributed by atoms with E-state index in [0.29, 0.717) is 11.4 Å². The number of para-hydroxylation sites is 3. The van der Waals surface area contributed by atoms with Gasteiger partial charge in [0.05, 0.1) is 16.3 Å². The summed E-state index contributed by atoms with van der Waals surface area (Å²) in [4.78, 5) is 22.3. The number of nitro benzene ring substituents is 1. The lowest BCUT2D eigenvalue weighted by Crippen LogP contribution is -2.20. The molecule has 0 aliphatic heterocycles. The number of non-ortho nitro benzene ring substituents is 1. The van der Waals surface area contributed by atoms with E-state index in [4.69, 9.17) is 4.74 Å². The van der Waals surface area contributed by atoms with Crippen molar-refractivity contribution in [1.82, 2.24) is 0 Å². The fraction of sp³-hybridized carbons (Fsp3) is 0.0500. The lowest BCUT2D eigenvalue weighted by molar-refractivity contribution is -0.384. The van der Waals surface area contributed by atoms with Crippen LogP contribution in [0.5, 0.6) is 5.75 Å². The molecule has 3 aromatic rings. The number of hydrogen-bond acceptors (Lipinski definition) is 5. The van der Waals surface area contributed by atoms with E-state index in [-0.39, 0.29) is 18.2 Å². The number of nitrogens with zero attached hydrogens (tertiary/aromatic N) is 1. The Hall–Kier alpha value is -3.87. The molecule has 0 spiro atoms. The van der Waals surface area contributed by atoms with Gasteiger partial charge < -0.3 is 15.4 Å². The van der Waals surface area contributed by atoms with Gasteiger partial charge in [-0.2, -0.15) is 0 Å². The first kappa shape index (κ1) is 17.9. The maximum atomic E-state index is 12.2. The number of rotatable bonds is 7. The van der Waals surface area contributed by atoms with Gasteiger partial charge in [-0.1, -0.05) is 30.3 Å². The third-order valence-corrected chi connectivity index (χ3v) is 3.67. The molecule has 0 radical (unpaired) electrons. The average Bonchev–Trinajstić information content (AvgIpc) is 2.69. The number of nitrogens with one attached hydrogen (secondary N) is 2. The van der Waals surface area contributed by atoms with Gasteiger partial charge in [0.2, 0.25) is 0 Å². The predicted octanol–water partition coefficient (Wildman–Crippen LogP) is 4.36. The van der Waals surface area contributed by atoms with Gasteiger partial charge in [-0.05, 0) is 36.4 Å². The minimum absolute atomic E-state index is 0.0345. The molecule has 2 N–H and O–H groups in total. The highest BCUT2D eigenvalue weighted by Crippen LogP contribution is 2.25. The molecular weight excluding hydrogens is 346 g/mol. The van der Waals surface area contributed by atoms with E-state index in [9.17, 15) is 14.9 Å². The van der Waals surface area contributed by atoms with Crippen LogP contribution >= 0.6 is 0 Å². The summed E-state index contributed by atoms with van der Waals surface area (Å²) in [6.45, 7) is -0.211. The second kappa shape index (κ2) is 8.48. The Morgan fingerprint density at radius 1 is 0.889 bits per heavy atom. The molecule has 0 aromatic heterocycles. The molecular formula is C20H17N3O4. The molecule has 7 heteroatoms. The normalized spacial score (nSPS) is 10.1. The van der Waals surface area contributed by atoms with E-state index in [1.807, 2.05) is 48.5 Å². The number of benzene rings is 3. The quantitative estimate of drug-likeness (QED) is 0.481. The van der Waals surface area contributed by atoms with Crippen molar-refractivity contribution in [2.75, 3.05) is 17.2 Å². The molecule has 27 heavy (non-hydrogen) atoms. The third-order valence-electron chi connectivity index (χ3n) is 3.67. The monoisotopic (exact) mass is 363 g/mol. The molecule has 0 unspecified atom stereocenters. The number of anilines is 3. The summed E-state index contributed by atoms with van der Waals surface area (Å²) in [7, 11) is 0. The van der Waals surface area contributed by atoms with Crippen LogP contribution < -0.4 is 15.4 Å². The van der Waals surface area contributed by atoms with E-state index >= 15 is 0 Å². The van der Waals surface area contributed by atoms with E-state index in [0.717, 1.165) is 11.4 Å². The zero-order valence-electron chi connectivity index (χ0n) is 14.3. The summed E-state index contributed by atoms with van der Waals surface area (Å²) in [5.74, 6) is 0.0436. The first-order chi connectivity index (χ1) is 13.1. The van der Waals surface area contributed by atoms with Gasteiger partial charge in [0, 0.05) is 17.8 Å². The van der Waals surface area contributed by atoms with Crippen LogP contribution in [0.4, 0.5) is 22.7 Å². The molecule has 3 aromatic carbocycles. The van der Waals surface area contributed by atoms with Crippen LogP contribution in [-0.4, -0.2) is 17.4 Å². The maximum absolute atomic E-state index is 12.2. The molecule has 0 atom stereocenters. The van der Waals surface area contributed by atoms with Crippen molar-refractivity contribution in [2.24, 2.45) is 0 Å². The number of ether oxygens (including phenoxy) is 1. The highest BCUT2D eigenvalue weighted by molar-refractivity contribution is 5.95. The smallest absolute Gasteiger partial charge is 0.269 e. The molecule has 7 nitrogen and oxygen atoms in total. The zero-order valence-corrected chi connectivity index (χ0v) is 14.3. The second-order valence-electron chi connectivity index (χ2n) is 5.62. The fourth-order valence-electron chi connectivity index (χ4n) is 2.38. The van der Waals surface area contributed by atoms with Crippen molar-refractivity contribution < 1.29 is 14.5 Å². The van der Waals surface area contributed by atoms with Crippen molar-refractivity contribution in [2.45, 2.75) is 0 Å². The Morgan fingerprint density at radius 2 is 1.52 bits per heavy atom. The van der Waals surface area contributed by atoms with Crippen LogP contribution in [0.3, 0.4) is 0 Å². The molecule has 0 aliphatic carbocycles. The molecule has 0 fully saturated rings. The Labute approximate surface area is 155 Å². The van der Waals surface area contributed by atoms with Gasteiger partial charge in [0.25, 0.3) is 11.6 Å². The Morgan fingerprint density at radius 3 is 2.19 bits per heavy atom. The van der Waals surface area contributed by atoms with Crippen LogP contribution in [0.15, 0.2) is 78.9 Å². The summed E-state index contributed by atoms with van der Waals surface area (Å²) < 4.78 is 5.38.